The third-order valence-electron chi connectivity index (χ3n) is 3.22. The molecular weight excluding hydrogens is 245 g/mol. The summed E-state index contributed by atoms with van der Waals surface area (Å²) in [7, 11) is 1.95. The molecule has 3 rings (SSSR count). The van der Waals surface area contributed by atoms with Gasteiger partial charge in [-0.15, -0.1) is 0 Å². The van der Waals surface area contributed by atoms with E-state index in [0.29, 0.717) is 18.0 Å². The Morgan fingerprint density at radius 2 is 2.21 bits per heavy atom. The molecule has 0 atom stereocenters. The van der Waals surface area contributed by atoms with E-state index in [-0.39, 0.29) is 5.82 Å². The van der Waals surface area contributed by atoms with Gasteiger partial charge in [0.2, 0.25) is 5.95 Å². The Bertz CT molecular complexity index is 728. The smallest absolute Gasteiger partial charge is 0.201 e. The lowest BCUT2D eigenvalue weighted by Crippen LogP contribution is -2.08. The van der Waals surface area contributed by atoms with Gasteiger partial charge in [0.1, 0.15) is 11.6 Å². The summed E-state index contributed by atoms with van der Waals surface area (Å²) in [6, 6.07) is 4.51. The zero-order valence-electron chi connectivity index (χ0n) is 10.5. The van der Waals surface area contributed by atoms with Gasteiger partial charge in [-0.1, -0.05) is 0 Å². The van der Waals surface area contributed by atoms with Gasteiger partial charge in [-0.3, -0.25) is 0 Å². The quantitative estimate of drug-likeness (QED) is 0.779. The molecular formula is C13H14FN5. The summed E-state index contributed by atoms with van der Waals surface area (Å²) in [5, 5.41) is 0. The van der Waals surface area contributed by atoms with Crippen LogP contribution in [0.5, 0.6) is 0 Å². The van der Waals surface area contributed by atoms with Crippen molar-refractivity contribution in [2.24, 2.45) is 7.05 Å². The molecule has 0 amide bonds. The number of hydrogen-bond donors (Lipinski definition) is 1. The Morgan fingerprint density at radius 1 is 1.37 bits per heavy atom. The van der Waals surface area contributed by atoms with Gasteiger partial charge in [0.05, 0.1) is 11.0 Å². The Kier molecular flexibility index (Phi) is 2.70. The maximum absolute atomic E-state index is 13.1. The lowest BCUT2D eigenvalue weighted by Gasteiger charge is -2.06. The van der Waals surface area contributed by atoms with Crippen LogP contribution in [0.4, 0.5) is 10.3 Å². The molecule has 0 saturated heterocycles. The van der Waals surface area contributed by atoms with E-state index < -0.39 is 0 Å². The van der Waals surface area contributed by atoms with Gasteiger partial charge in [-0.05, 0) is 12.1 Å². The lowest BCUT2D eigenvalue weighted by atomic mass is 10.3. The number of nitrogens with zero attached hydrogens (tertiary/aromatic N) is 4. The third kappa shape index (κ3) is 2.05. The predicted octanol–water partition coefficient (Wildman–Crippen LogP) is 1.73. The number of fused-ring (bicyclic) bond motifs is 1. The van der Waals surface area contributed by atoms with Crippen LogP contribution in [-0.2, 0) is 20.0 Å². The van der Waals surface area contributed by atoms with Gasteiger partial charge in [0, 0.05) is 38.5 Å². The second kappa shape index (κ2) is 4.38. The number of aryl methyl sites for hydroxylation is 3. The van der Waals surface area contributed by atoms with Crippen LogP contribution in [0.3, 0.4) is 0 Å². The van der Waals surface area contributed by atoms with E-state index in [2.05, 4.69) is 9.97 Å². The summed E-state index contributed by atoms with van der Waals surface area (Å²) < 4.78 is 17.0. The Hall–Kier alpha value is -2.37. The van der Waals surface area contributed by atoms with E-state index in [1.807, 2.05) is 22.4 Å². The van der Waals surface area contributed by atoms with Crippen molar-refractivity contribution in [3.63, 3.8) is 0 Å². The third-order valence-corrected chi connectivity index (χ3v) is 3.22. The van der Waals surface area contributed by atoms with Crippen LogP contribution in [-0.4, -0.2) is 19.1 Å². The number of anilines is 1. The van der Waals surface area contributed by atoms with E-state index in [9.17, 15) is 4.39 Å². The Morgan fingerprint density at radius 3 is 2.95 bits per heavy atom. The van der Waals surface area contributed by atoms with Crippen LogP contribution in [0.2, 0.25) is 0 Å². The maximum Gasteiger partial charge on any atom is 0.201 e. The molecule has 0 radical (unpaired) electrons. The van der Waals surface area contributed by atoms with Gasteiger partial charge >= 0.3 is 0 Å². The summed E-state index contributed by atoms with van der Waals surface area (Å²) in [6.45, 7) is 0.665. The van der Waals surface area contributed by atoms with Crippen LogP contribution in [0.1, 0.15) is 5.82 Å². The number of nitrogen functional groups attached to an aromatic ring is 1. The first kappa shape index (κ1) is 11.7. The topological polar surface area (TPSA) is 61.7 Å². The molecule has 0 aliphatic heterocycles. The minimum Gasteiger partial charge on any atom is -0.369 e. The molecule has 0 unspecified atom stereocenters. The number of imidazole rings is 2. The summed E-state index contributed by atoms with van der Waals surface area (Å²) in [5.41, 5.74) is 7.30. The first-order valence-electron chi connectivity index (χ1n) is 6.02. The monoisotopic (exact) mass is 259 g/mol. The van der Waals surface area contributed by atoms with Crippen molar-refractivity contribution in [2.75, 3.05) is 5.73 Å². The van der Waals surface area contributed by atoms with Crippen molar-refractivity contribution in [2.45, 2.75) is 13.0 Å². The van der Waals surface area contributed by atoms with Crippen molar-refractivity contribution >= 4 is 17.0 Å². The van der Waals surface area contributed by atoms with Crippen molar-refractivity contribution in [1.29, 1.82) is 0 Å². The van der Waals surface area contributed by atoms with Crippen LogP contribution < -0.4 is 5.73 Å². The SMILES string of the molecule is Cn1ccnc1CCn1c(N)nc2cc(F)ccc21. The molecule has 5 nitrogen and oxygen atoms in total. The Balaban J connectivity index is 1.92. The van der Waals surface area contributed by atoms with Crippen LogP contribution in [0.15, 0.2) is 30.6 Å². The molecule has 0 aliphatic rings. The molecule has 2 heterocycles. The maximum atomic E-state index is 13.1. The molecule has 0 fully saturated rings. The zero-order valence-corrected chi connectivity index (χ0v) is 10.5. The second-order valence-electron chi connectivity index (χ2n) is 4.46. The molecule has 2 N–H and O–H groups in total. The van der Waals surface area contributed by atoms with Crippen molar-refractivity contribution in [1.82, 2.24) is 19.1 Å². The van der Waals surface area contributed by atoms with E-state index in [1.165, 1.54) is 12.1 Å². The number of benzene rings is 1. The fraction of sp³-hybridized carbons (Fsp3) is 0.231. The van der Waals surface area contributed by atoms with Crippen LogP contribution >= 0.6 is 0 Å². The minimum atomic E-state index is -0.304. The lowest BCUT2D eigenvalue weighted by molar-refractivity contribution is 0.629. The van der Waals surface area contributed by atoms with Gasteiger partial charge < -0.3 is 14.9 Å². The van der Waals surface area contributed by atoms with Gasteiger partial charge in [-0.2, -0.15) is 0 Å². The van der Waals surface area contributed by atoms with Gasteiger partial charge in [-0.25, -0.2) is 14.4 Å². The fourth-order valence-corrected chi connectivity index (χ4v) is 2.21. The first-order valence-corrected chi connectivity index (χ1v) is 6.02. The average Bonchev–Trinajstić information content (AvgIpc) is 2.90. The summed E-state index contributed by atoms with van der Waals surface area (Å²) in [5.74, 6) is 1.07. The second-order valence-corrected chi connectivity index (χ2v) is 4.46. The van der Waals surface area contributed by atoms with Crippen LogP contribution in [0, 0.1) is 5.82 Å². The molecule has 0 saturated carbocycles. The van der Waals surface area contributed by atoms with E-state index in [0.717, 1.165) is 17.8 Å². The number of nitrogens with two attached hydrogens (primary N) is 1. The first-order chi connectivity index (χ1) is 9.15. The van der Waals surface area contributed by atoms with E-state index in [4.69, 9.17) is 5.73 Å². The Labute approximate surface area is 109 Å². The van der Waals surface area contributed by atoms with Gasteiger partial charge in [0.25, 0.3) is 0 Å². The predicted molar refractivity (Wildman–Crippen MR) is 71.0 cm³/mol. The number of rotatable bonds is 3. The fourth-order valence-electron chi connectivity index (χ4n) is 2.21. The molecule has 98 valence electrons. The molecule has 1 aromatic carbocycles. The zero-order chi connectivity index (χ0) is 13.4. The van der Waals surface area contributed by atoms with Crippen molar-refractivity contribution < 1.29 is 4.39 Å². The molecule has 6 heteroatoms. The average molecular weight is 259 g/mol. The number of hydrogen-bond acceptors (Lipinski definition) is 3. The molecule has 2 aromatic heterocycles. The summed E-state index contributed by atoms with van der Waals surface area (Å²) in [6.07, 6.45) is 4.41. The highest BCUT2D eigenvalue weighted by atomic mass is 19.1. The number of aromatic nitrogens is 4. The van der Waals surface area contributed by atoms with Crippen molar-refractivity contribution in [3.05, 3.63) is 42.2 Å². The highest BCUT2D eigenvalue weighted by Crippen LogP contribution is 2.19. The largest absolute Gasteiger partial charge is 0.369 e. The molecule has 0 spiro atoms. The minimum absolute atomic E-state index is 0.304. The molecule has 19 heavy (non-hydrogen) atoms. The molecule has 0 aliphatic carbocycles. The van der Waals surface area contributed by atoms with Gasteiger partial charge in [0.15, 0.2) is 0 Å². The highest BCUT2D eigenvalue weighted by Gasteiger charge is 2.09. The summed E-state index contributed by atoms with van der Waals surface area (Å²) in [4.78, 5) is 8.44. The molecule has 3 aromatic rings. The van der Waals surface area contributed by atoms with Crippen molar-refractivity contribution in [3.8, 4) is 0 Å². The standard InChI is InChI=1S/C13H14FN5/c1-18-7-5-16-12(18)4-6-19-11-3-2-9(14)8-10(11)17-13(19)15/h2-3,5,7-8H,4,6H2,1H3,(H2,15,17). The highest BCUT2D eigenvalue weighted by molar-refractivity contribution is 5.78. The normalized spacial score (nSPS) is 11.3. The van der Waals surface area contributed by atoms with E-state index >= 15 is 0 Å². The molecule has 0 bridgehead atoms. The summed E-state index contributed by atoms with van der Waals surface area (Å²) >= 11 is 0. The number of halogens is 1. The van der Waals surface area contributed by atoms with E-state index in [1.54, 1.807) is 12.3 Å². The van der Waals surface area contributed by atoms with Crippen LogP contribution in [0.25, 0.3) is 11.0 Å².